The van der Waals surface area contributed by atoms with Crippen LogP contribution in [0.2, 0.25) is 0 Å². The topological polar surface area (TPSA) is 149 Å². The van der Waals surface area contributed by atoms with Gasteiger partial charge >= 0.3 is 0 Å². The van der Waals surface area contributed by atoms with Crippen LogP contribution in [-0.2, 0) is 14.2 Å². The molecule has 0 aromatic rings. The second-order valence-electron chi connectivity index (χ2n) is 18.0. The molecule has 2 saturated heterocycles. The smallest absolute Gasteiger partial charge is 0.186 e. The number of fused-ring (bicyclic) bond motifs is 2. The second-order valence-corrected chi connectivity index (χ2v) is 18.0. The summed E-state index contributed by atoms with van der Waals surface area (Å²) in [6.45, 7) is 12.7. The van der Waals surface area contributed by atoms with Crippen LogP contribution < -0.4 is 0 Å². The van der Waals surface area contributed by atoms with Crippen LogP contribution in [-0.4, -0.2) is 98.0 Å². The van der Waals surface area contributed by atoms with Gasteiger partial charge in [0.25, 0.3) is 0 Å². The SMILES string of the molecule is CC(C)(O)[C@H]1CC[C@@](C)([C@H]2[C@@H](O)C[C@@]3(C)[C@H]4CC[C@@H]5C(C)(C)[C@@H](O[C@@H]6OC[C@@H](O)[C@H](O)[C@H]6O)CC[C@@]56C[C@@]46CC[C@]23CO)O1. The molecule has 0 aromatic heterocycles. The Hall–Kier alpha value is -0.360. The molecule has 0 unspecified atom stereocenters. The van der Waals surface area contributed by atoms with E-state index in [0.717, 1.165) is 51.4 Å². The summed E-state index contributed by atoms with van der Waals surface area (Å²) >= 11 is 0. The van der Waals surface area contributed by atoms with Gasteiger partial charge in [0.05, 0.1) is 36.1 Å². The van der Waals surface area contributed by atoms with E-state index in [2.05, 4.69) is 27.7 Å². The molecule has 2 spiro atoms. The minimum absolute atomic E-state index is 0.0477. The van der Waals surface area contributed by atoms with E-state index in [1.165, 1.54) is 6.42 Å². The zero-order valence-electron chi connectivity index (χ0n) is 27.7. The van der Waals surface area contributed by atoms with E-state index in [4.69, 9.17) is 14.2 Å². The molecular weight excluding hydrogens is 564 g/mol. The van der Waals surface area contributed by atoms with E-state index in [0.29, 0.717) is 18.3 Å². The fourth-order valence-electron chi connectivity index (χ4n) is 13.5. The van der Waals surface area contributed by atoms with Crippen molar-refractivity contribution in [1.29, 1.82) is 0 Å². The molecule has 7 fully saturated rings. The lowest BCUT2D eigenvalue weighted by molar-refractivity contribution is -0.303. The summed E-state index contributed by atoms with van der Waals surface area (Å²) in [5, 5.41) is 64.8. The third-order valence-electron chi connectivity index (χ3n) is 15.5. The van der Waals surface area contributed by atoms with Gasteiger partial charge in [0.1, 0.15) is 18.3 Å². The van der Waals surface area contributed by atoms with Crippen molar-refractivity contribution in [3.05, 3.63) is 0 Å². The van der Waals surface area contributed by atoms with Gasteiger partial charge in [-0.2, -0.15) is 0 Å². The average molecular weight is 623 g/mol. The highest BCUT2D eigenvalue weighted by atomic mass is 16.7. The van der Waals surface area contributed by atoms with Gasteiger partial charge in [-0.15, -0.1) is 0 Å². The van der Waals surface area contributed by atoms with Gasteiger partial charge in [-0.1, -0.05) is 20.8 Å². The van der Waals surface area contributed by atoms with Crippen LogP contribution in [0.15, 0.2) is 0 Å². The molecule has 9 nitrogen and oxygen atoms in total. The lowest BCUT2D eigenvalue weighted by atomic mass is 9.41. The molecule has 7 rings (SSSR count). The van der Waals surface area contributed by atoms with Crippen molar-refractivity contribution in [2.24, 2.45) is 44.8 Å². The van der Waals surface area contributed by atoms with Gasteiger partial charge in [0, 0.05) is 17.9 Å². The summed E-state index contributed by atoms with van der Waals surface area (Å²) in [7, 11) is 0. The Morgan fingerprint density at radius 2 is 1.50 bits per heavy atom. The third-order valence-corrected chi connectivity index (χ3v) is 15.5. The van der Waals surface area contributed by atoms with Gasteiger partial charge in [0.15, 0.2) is 6.29 Å². The van der Waals surface area contributed by atoms with Gasteiger partial charge in [0.2, 0.25) is 0 Å². The Kier molecular flexibility index (Phi) is 7.21. The van der Waals surface area contributed by atoms with Crippen LogP contribution in [0.3, 0.4) is 0 Å². The molecule has 44 heavy (non-hydrogen) atoms. The molecule has 2 heterocycles. The summed E-state index contributed by atoms with van der Waals surface area (Å²) in [4.78, 5) is 0. The Balaban J connectivity index is 1.15. The van der Waals surface area contributed by atoms with Crippen molar-refractivity contribution in [2.75, 3.05) is 13.2 Å². The summed E-state index contributed by atoms with van der Waals surface area (Å²) in [6.07, 6.45) is 3.69. The maximum absolute atomic E-state index is 11.9. The molecule has 0 radical (unpaired) electrons. The first-order valence-corrected chi connectivity index (χ1v) is 17.4. The standard InChI is InChI=1S/C35H58O9/c1-29(2)21-7-8-22-31(5)15-19(37)27(32(6)11-9-24(44-32)30(3,4)41)35(31,18-36)14-13-34(22)17-33(21,34)12-10-23(29)43-28-26(40)25(39)20(38)16-42-28/h19-28,36-41H,7-18H2,1-6H3/t19-,20+,21+,22+,23-,24+,25-,26+,27+,28-,31-,32-,33+,34-,35-/m0/s1. The van der Waals surface area contributed by atoms with E-state index in [-0.39, 0.29) is 53.0 Å². The molecule has 7 aliphatic rings. The largest absolute Gasteiger partial charge is 0.396 e. The molecule has 2 aliphatic heterocycles. The van der Waals surface area contributed by atoms with Crippen molar-refractivity contribution in [1.82, 2.24) is 0 Å². The quantitative estimate of drug-likeness (QED) is 0.255. The third kappa shape index (κ3) is 3.97. The summed E-state index contributed by atoms with van der Waals surface area (Å²) in [5.74, 6) is 0.672. The highest BCUT2D eigenvalue weighted by Crippen LogP contribution is 2.89. The van der Waals surface area contributed by atoms with E-state index in [1.54, 1.807) is 13.8 Å². The first-order chi connectivity index (χ1) is 20.4. The van der Waals surface area contributed by atoms with E-state index in [9.17, 15) is 30.6 Å². The van der Waals surface area contributed by atoms with Gasteiger partial charge in [-0.3, -0.25) is 0 Å². The number of aliphatic hydroxyl groups excluding tert-OH is 5. The van der Waals surface area contributed by atoms with E-state index < -0.39 is 47.3 Å². The molecular formula is C35H58O9. The molecule has 6 N–H and O–H groups in total. The predicted octanol–water partition coefficient (Wildman–Crippen LogP) is 2.90. The summed E-state index contributed by atoms with van der Waals surface area (Å²) < 4.78 is 18.8. The van der Waals surface area contributed by atoms with Crippen LogP contribution in [0, 0.1) is 44.8 Å². The monoisotopic (exact) mass is 622 g/mol. The summed E-state index contributed by atoms with van der Waals surface area (Å²) in [6, 6.07) is 0. The normalized spacial score (nSPS) is 58.1. The Bertz CT molecular complexity index is 1140. The first kappa shape index (κ1) is 32.2. The number of ether oxygens (including phenoxy) is 3. The van der Waals surface area contributed by atoms with Crippen molar-refractivity contribution in [2.45, 2.75) is 160 Å². The van der Waals surface area contributed by atoms with Crippen LogP contribution in [0.4, 0.5) is 0 Å². The lowest BCUT2D eigenvalue weighted by Gasteiger charge is -2.64. The summed E-state index contributed by atoms with van der Waals surface area (Å²) in [5.41, 5.74) is -1.98. The van der Waals surface area contributed by atoms with E-state index >= 15 is 0 Å². The van der Waals surface area contributed by atoms with Crippen molar-refractivity contribution in [3.8, 4) is 0 Å². The van der Waals surface area contributed by atoms with Crippen molar-refractivity contribution in [3.63, 3.8) is 0 Å². The van der Waals surface area contributed by atoms with Gasteiger partial charge in [-0.25, -0.2) is 0 Å². The van der Waals surface area contributed by atoms with Crippen LogP contribution in [0.1, 0.15) is 106 Å². The second kappa shape index (κ2) is 9.85. The first-order valence-electron chi connectivity index (χ1n) is 17.4. The Morgan fingerprint density at radius 3 is 2.16 bits per heavy atom. The van der Waals surface area contributed by atoms with Crippen LogP contribution in [0.5, 0.6) is 0 Å². The lowest BCUT2D eigenvalue weighted by Crippen LogP contribution is -2.62. The minimum atomic E-state index is -1.29. The Morgan fingerprint density at radius 1 is 0.818 bits per heavy atom. The average Bonchev–Trinajstić information content (AvgIpc) is 3.30. The molecule has 9 heteroatoms. The molecule has 5 aliphatic carbocycles. The highest BCUT2D eigenvalue weighted by molar-refractivity contribution is 5.32. The molecule has 0 aromatic carbocycles. The predicted molar refractivity (Wildman–Crippen MR) is 161 cm³/mol. The zero-order chi connectivity index (χ0) is 31.9. The fourth-order valence-corrected chi connectivity index (χ4v) is 13.5. The molecule has 5 saturated carbocycles. The molecule has 252 valence electrons. The Labute approximate surface area is 262 Å². The minimum Gasteiger partial charge on any atom is -0.396 e. The van der Waals surface area contributed by atoms with Crippen LogP contribution in [0.25, 0.3) is 0 Å². The van der Waals surface area contributed by atoms with E-state index in [1.807, 2.05) is 0 Å². The molecule has 0 amide bonds. The number of hydrogen-bond acceptors (Lipinski definition) is 9. The number of rotatable bonds is 5. The number of hydrogen-bond donors (Lipinski definition) is 6. The zero-order valence-corrected chi connectivity index (χ0v) is 27.7. The maximum Gasteiger partial charge on any atom is 0.186 e. The van der Waals surface area contributed by atoms with Crippen molar-refractivity contribution < 1.29 is 44.8 Å². The van der Waals surface area contributed by atoms with Crippen molar-refractivity contribution >= 4 is 0 Å². The van der Waals surface area contributed by atoms with Gasteiger partial charge in [-0.05, 0) is 118 Å². The van der Waals surface area contributed by atoms with Crippen LogP contribution >= 0.6 is 0 Å². The fraction of sp³-hybridized carbons (Fsp3) is 1.00. The molecule has 0 bridgehead atoms. The molecule has 15 atom stereocenters. The van der Waals surface area contributed by atoms with Gasteiger partial charge < -0.3 is 44.8 Å². The highest BCUT2D eigenvalue weighted by Gasteiger charge is 2.84. The number of aliphatic hydroxyl groups is 6. The maximum atomic E-state index is 11.9.